The van der Waals surface area contributed by atoms with Gasteiger partial charge >= 0.3 is 0 Å². The molecule has 2 aromatic carbocycles. The number of nitrogens with zero attached hydrogens (tertiary/aromatic N) is 1. The van der Waals surface area contributed by atoms with Gasteiger partial charge in [-0.1, -0.05) is 64.1 Å². The molecule has 144 valence electrons. The molecule has 1 aliphatic carbocycles. The van der Waals surface area contributed by atoms with Crippen LogP contribution in [0.25, 0.3) is 11.1 Å². The molecule has 2 aromatic rings. The first-order chi connectivity index (χ1) is 12.8. The lowest BCUT2D eigenvalue weighted by molar-refractivity contribution is -0.110. The van der Waals surface area contributed by atoms with E-state index in [1.54, 1.807) is 6.07 Å². The van der Waals surface area contributed by atoms with Crippen molar-refractivity contribution in [3.05, 3.63) is 59.4 Å². The zero-order valence-corrected chi connectivity index (χ0v) is 17.1. The predicted molar refractivity (Wildman–Crippen MR) is 111 cm³/mol. The summed E-state index contributed by atoms with van der Waals surface area (Å²) in [6.07, 6.45) is 2.74. The Morgan fingerprint density at radius 3 is 2.33 bits per heavy atom. The van der Waals surface area contributed by atoms with Crippen LogP contribution in [0, 0.1) is 23.1 Å². The van der Waals surface area contributed by atoms with Gasteiger partial charge in [0.2, 0.25) is 0 Å². The highest BCUT2D eigenvalue weighted by molar-refractivity contribution is 5.64. The Hall–Kier alpha value is -1.67. The molecule has 0 unspecified atom stereocenters. The van der Waals surface area contributed by atoms with Crippen LogP contribution < -0.4 is 0 Å². The molecule has 1 saturated carbocycles. The van der Waals surface area contributed by atoms with E-state index in [1.165, 1.54) is 18.4 Å². The number of halogens is 1. The van der Waals surface area contributed by atoms with Crippen LogP contribution in [0.4, 0.5) is 4.39 Å². The second-order valence-corrected chi connectivity index (χ2v) is 9.64. The lowest BCUT2D eigenvalue weighted by atomic mass is 9.55. The van der Waals surface area contributed by atoms with Gasteiger partial charge in [0.1, 0.15) is 5.82 Å². The number of hydrogen-bond acceptors (Lipinski definition) is 1. The van der Waals surface area contributed by atoms with Gasteiger partial charge < -0.3 is 0 Å². The summed E-state index contributed by atoms with van der Waals surface area (Å²) in [5.74, 6) is 2.13. The van der Waals surface area contributed by atoms with Crippen LogP contribution in [0.2, 0.25) is 0 Å². The highest BCUT2D eigenvalue weighted by atomic mass is 19.1. The molecule has 1 heterocycles. The molecule has 1 aliphatic heterocycles. The van der Waals surface area contributed by atoms with Gasteiger partial charge in [0, 0.05) is 25.2 Å². The second-order valence-electron chi connectivity index (χ2n) is 9.64. The average molecular weight is 366 g/mol. The van der Waals surface area contributed by atoms with Gasteiger partial charge in [-0.05, 0) is 58.8 Å². The van der Waals surface area contributed by atoms with Gasteiger partial charge in [0.05, 0.1) is 0 Å². The summed E-state index contributed by atoms with van der Waals surface area (Å²) in [5.41, 5.74) is 4.75. The van der Waals surface area contributed by atoms with Crippen molar-refractivity contribution < 1.29 is 4.39 Å². The fourth-order valence-corrected chi connectivity index (χ4v) is 4.97. The Morgan fingerprint density at radius 2 is 1.70 bits per heavy atom. The maximum Gasteiger partial charge on any atom is 0.128 e. The molecule has 4 rings (SSSR count). The second kappa shape index (κ2) is 7.05. The minimum absolute atomic E-state index is 0.0722. The number of hydrogen-bond donors (Lipinski definition) is 0. The molecular formula is C25H32FN. The normalized spacial score (nSPS) is 19.5. The van der Waals surface area contributed by atoms with E-state index < -0.39 is 0 Å². The highest BCUT2D eigenvalue weighted by Crippen LogP contribution is 2.54. The van der Waals surface area contributed by atoms with E-state index in [-0.39, 0.29) is 5.82 Å². The molecule has 0 amide bonds. The summed E-state index contributed by atoms with van der Waals surface area (Å²) >= 11 is 0. The van der Waals surface area contributed by atoms with Crippen LogP contribution in [0.1, 0.15) is 57.6 Å². The minimum Gasteiger partial charge on any atom is -0.298 e. The van der Waals surface area contributed by atoms with Gasteiger partial charge in [0.15, 0.2) is 0 Å². The van der Waals surface area contributed by atoms with Crippen molar-refractivity contribution in [2.75, 3.05) is 13.1 Å². The molecule has 0 atom stereocenters. The first-order valence-electron chi connectivity index (χ1n) is 10.5. The van der Waals surface area contributed by atoms with Gasteiger partial charge in [0.25, 0.3) is 0 Å². The highest BCUT2D eigenvalue weighted by Gasteiger charge is 2.52. The van der Waals surface area contributed by atoms with E-state index in [2.05, 4.69) is 62.9 Å². The van der Waals surface area contributed by atoms with Gasteiger partial charge in [-0.15, -0.1) is 0 Å². The molecule has 0 N–H and O–H groups in total. The van der Waals surface area contributed by atoms with Crippen LogP contribution >= 0.6 is 0 Å². The SMILES string of the molecule is CC(C)c1cccc(-c2ccc(CN3CC4(CC(C(C)C)C4)C3)c(F)c2)c1. The lowest BCUT2D eigenvalue weighted by Gasteiger charge is -2.60. The van der Waals surface area contributed by atoms with Crippen LogP contribution in [-0.4, -0.2) is 18.0 Å². The fraction of sp³-hybridized carbons (Fsp3) is 0.520. The third-order valence-electron chi connectivity index (χ3n) is 6.78. The third kappa shape index (κ3) is 3.69. The maximum absolute atomic E-state index is 14.7. The molecule has 0 bridgehead atoms. The van der Waals surface area contributed by atoms with Crippen molar-refractivity contribution in [3.8, 4) is 11.1 Å². The van der Waals surface area contributed by atoms with Crippen LogP contribution in [0.5, 0.6) is 0 Å². The summed E-state index contributed by atoms with van der Waals surface area (Å²) in [7, 11) is 0. The zero-order valence-electron chi connectivity index (χ0n) is 17.1. The van der Waals surface area contributed by atoms with Gasteiger partial charge in [-0.2, -0.15) is 0 Å². The summed E-state index contributed by atoms with van der Waals surface area (Å²) in [6, 6.07) is 14.2. The first-order valence-corrected chi connectivity index (χ1v) is 10.5. The first kappa shape index (κ1) is 18.7. The molecule has 0 radical (unpaired) electrons. The molecular weight excluding hydrogens is 333 g/mol. The zero-order chi connectivity index (χ0) is 19.2. The summed E-state index contributed by atoms with van der Waals surface area (Å²) < 4.78 is 14.7. The van der Waals surface area contributed by atoms with E-state index in [0.717, 1.165) is 48.2 Å². The van der Waals surface area contributed by atoms with Gasteiger partial charge in [-0.3, -0.25) is 4.90 Å². The Bertz CT molecular complexity index is 809. The minimum atomic E-state index is -0.0722. The summed E-state index contributed by atoms with van der Waals surface area (Å²) in [6.45, 7) is 12.1. The van der Waals surface area contributed by atoms with Crippen molar-refractivity contribution in [2.24, 2.45) is 17.3 Å². The van der Waals surface area contributed by atoms with Crippen molar-refractivity contribution >= 4 is 0 Å². The largest absolute Gasteiger partial charge is 0.298 e. The Morgan fingerprint density at radius 1 is 1.00 bits per heavy atom. The maximum atomic E-state index is 14.7. The Balaban J connectivity index is 1.39. The molecule has 1 saturated heterocycles. The van der Waals surface area contributed by atoms with Crippen LogP contribution in [0.15, 0.2) is 42.5 Å². The summed E-state index contributed by atoms with van der Waals surface area (Å²) in [5, 5.41) is 0. The van der Waals surface area contributed by atoms with Crippen molar-refractivity contribution in [1.82, 2.24) is 4.90 Å². The van der Waals surface area contributed by atoms with Crippen molar-refractivity contribution in [3.63, 3.8) is 0 Å². The Kier molecular flexibility index (Phi) is 4.88. The predicted octanol–water partition coefficient (Wildman–Crippen LogP) is 6.48. The molecule has 27 heavy (non-hydrogen) atoms. The standard InChI is InChI=1S/C25H32FN/c1-17(2)19-6-5-7-20(10-19)21-8-9-22(24(26)11-21)14-27-15-25(16-27)12-23(13-25)18(3)4/h5-11,17-18,23H,12-16H2,1-4H3. The monoisotopic (exact) mass is 365 g/mol. The van der Waals surface area contributed by atoms with Crippen molar-refractivity contribution in [2.45, 2.75) is 53.0 Å². The van der Waals surface area contributed by atoms with Crippen LogP contribution in [-0.2, 0) is 6.54 Å². The quantitative estimate of drug-likeness (QED) is 0.586. The van der Waals surface area contributed by atoms with Crippen molar-refractivity contribution in [1.29, 1.82) is 0 Å². The number of rotatable bonds is 5. The van der Waals surface area contributed by atoms with E-state index in [9.17, 15) is 4.39 Å². The lowest BCUT2D eigenvalue weighted by Crippen LogP contribution is -2.62. The molecule has 1 spiro atoms. The van der Waals surface area contributed by atoms with E-state index >= 15 is 0 Å². The smallest absolute Gasteiger partial charge is 0.128 e. The number of likely N-dealkylation sites (tertiary alicyclic amines) is 1. The van der Waals surface area contributed by atoms with Crippen LogP contribution in [0.3, 0.4) is 0 Å². The Labute approximate surface area is 163 Å². The molecule has 1 nitrogen and oxygen atoms in total. The molecule has 0 aromatic heterocycles. The molecule has 2 heteroatoms. The fourth-order valence-electron chi connectivity index (χ4n) is 4.97. The third-order valence-corrected chi connectivity index (χ3v) is 6.78. The summed E-state index contributed by atoms with van der Waals surface area (Å²) in [4.78, 5) is 2.41. The molecule has 2 fully saturated rings. The van der Waals surface area contributed by atoms with Gasteiger partial charge in [-0.25, -0.2) is 4.39 Å². The average Bonchev–Trinajstić information content (AvgIpc) is 2.56. The van der Waals surface area contributed by atoms with E-state index in [0.29, 0.717) is 11.3 Å². The van der Waals surface area contributed by atoms with E-state index in [1.807, 2.05) is 6.07 Å². The topological polar surface area (TPSA) is 3.24 Å². The number of benzene rings is 2. The molecule has 2 aliphatic rings. The van der Waals surface area contributed by atoms with E-state index in [4.69, 9.17) is 0 Å².